The van der Waals surface area contributed by atoms with Gasteiger partial charge in [-0.05, 0) is 0 Å². The minimum atomic E-state index is -0.279. The topological polar surface area (TPSA) is 64.2 Å². The van der Waals surface area contributed by atoms with Crippen LogP contribution in [-0.4, -0.2) is 29.3 Å². The first-order valence-electron chi connectivity index (χ1n) is 4.64. The molecule has 0 radical (unpaired) electrons. The van der Waals surface area contributed by atoms with Gasteiger partial charge in [0, 0.05) is 25.2 Å². The van der Waals surface area contributed by atoms with Crippen LogP contribution in [0.2, 0.25) is 0 Å². The van der Waals surface area contributed by atoms with Crippen molar-refractivity contribution in [1.82, 2.24) is 9.97 Å². The van der Waals surface area contributed by atoms with Crippen molar-refractivity contribution in [3.05, 3.63) is 22.7 Å². The average molecular weight is 196 g/mol. The summed E-state index contributed by atoms with van der Waals surface area (Å²) < 4.78 is 10.6. The summed E-state index contributed by atoms with van der Waals surface area (Å²) in [6.07, 6.45) is 4.68. The van der Waals surface area contributed by atoms with E-state index in [1.807, 2.05) is 0 Å². The van der Waals surface area contributed by atoms with Crippen LogP contribution in [0.3, 0.4) is 0 Å². The molecule has 1 fully saturated rings. The smallest absolute Gasteiger partial charge is 0.310 e. The van der Waals surface area contributed by atoms with Crippen molar-refractivity contribution in [2.75, 3.05) is 13.2 Å². The fourth-order valence-corrected chi connectivity index (χ4v) is 1.37. The fraction of sp³-hybridized carbons (Fsp3) is 0.556. The minimum Gasteiger partial charge on any atom is -0.470 e. The molecule has 0 atom stereocenters. The molecule has 1 aromatic rings. The Balaban J connectivity index is 2.03. The highest BCUT2D eigenvalue weighted by atomic mass is 16.5. The van der Waals surface area contributed by atoms with Gasteiger partial charge in [0.25, 0.3) is 5.88 Å². The number of aromatic amines is 1. The van der Waals surface area contributed by atoms with E-state index >= 15 is 0 Å². The molecule has 0 bridgehead atoms. The summed E-state index contributed by atoms with van der Waals surface area (Å²) in [5.74, 6) is 0.152. The summed E-state index contributed by atoms with van der Waals surface area (Å²) >= 11 is 0. The lowest BCUT2D eigenvalue weighted by atomic mass is 10.2. The standard InChI is InChI=1S/C9H12N2O3/c12-8-9(11-4-3-10-8)14-7-1-5-13-6-2-7/h3-4,7H,1-2,5-6H2,(H,10,12). The predicted molar refractivity (Wildman–Crippen MR) is 49.3 cm³/mol. The van der Waals surface area contributed by atoms with Crippen molar-refractivity contribution in [3.8, 4) is 5.88 Å². The summed E-state index contributed by atoms with van der Waals surface area (Å²) in [6.45, 7) is 1.38. The minimum absolute atomic E-state index is 0.0553. The molecule has 0 amide bonds. The van der Waals surface area contributed by atoms with E-state index in [-0.39, 0.29) is 17.5 Å². The molecule has 1 saturated heterocycles. The van der Waals surface area contributed by atoms with E-state index in [2.05, 4.69) is 9.97 Å². The predicted octanol–water partition coefficient (Wildman–Crippen LogP) is 0.328. The maximum atomic E-state index is 11.2. The van der Waals surface area contributed by atoms with Crippen molar-refractivity contribution >= 4 is 0 Å². The highest BCUT2D eigenvalue weighted by Gasteiger charge is 2.16. The van der Waals surface area contributed by atoms with Gasteiger partial charge in [-0.2, -0.15) is 0 Å². The third-order valence-corrected chi connectivity index (χ3v) is 2.12. The van der Waals surface area contributed by atoms with E-state index in [0.717, 1.165) is 12.8 Å². The van der Waals surface area contributed by atoms with Crippen molar-refractivity contribution < 1.29 is 9.47 Å². The molecule has 1 aliphatic rings. The summed E-state index contributed by atoms with van der Waals surface area (Å²) in [5.41, 5.74) is -0.279. The zero-order valence-electron chi connectivity index (χ0n) is 7.73. The average Bonchev–Trinajstić information content (AvgIpc) is 2.23. The second-order valence-electron chi connectivity index (χ2n) is 3.15. The molecule has 1 aromatic heterocycles. The monoisotopic (exact) mass is 196 g/mol. The number of nitrogens with one attached hydrogen (secondary N) is 1. The molecule has 2 heterocycles. The highest BCUT2D eigenvalue weighted by molar-refractivity contribution is 5.03. The first kappa shape index (κ1) is 9.21. The second-order valence-corrected chi connectivity index (χ2v) is 3.15. The molecule has 0 aliphatic carbocycles. The molecule has 0 saturated carbocycles. The van der Waals surface area contributed by atoms with Gasteiger partial charge in [0.2, 0.25) is 0 Å². The zero-order valence-corrected chi connectivity index (χ0v) is 7.73. The SMILES string of the molecule is O=c1[nH]ccnc1OC1CCOCC1. The Morgan fingerprint density at radius 2 is 2.29 bits per heavy atom. The van der Waals surface area contributed by atoms with E-state index in [9.17, 15) is 4.79 Å². The molecule has 0 spiro atoms. The summed E-state index contributed by atoms with van der Waals surface area (Å²) in [6, 6.07) is 0. The zero-order chi connectivity index (χ0) is 9.80. The first-order valence-corrected chi connectivity index (χ1v) is 4.64. The molecule has 1 N–H and O–H groups in total. The Morgan fingerprint density at radius 3 is 3.00 bits per heavy atom. The Hall–Kier alpha value is -1.36. The van der Waals surface area contributed by atoms with Gasteiger partial charge in [-0.15, -0.1) is 0 Å². The third kappa shape index (κ3) is 2.11. The molecule has 5 nitrogen and oxygen atoms in total. The van der Waals surface area contributed by atoms with Gasteiger partial charge in [-0.1, -0.05) is 0 Å². The number of nitrogens with zero attached hydrogens (tertiary/aromatic N) is 1. The van der Waals surface area contributed by atoms with Crippen molar-refractivity contribution in [1.29, 1.82) is 0 Å². The van der Waals surface area contributed by atoms with E-state index < -0.39 is 0 Å². The number of aromatic nitrogens is 2. The largest absolute Gasteiger partial charge is 0.470 e. The van der Waals surface area contributed by atoms with Crippen LogP contribution in [0, 0.1) is 0 Å². The maximum Gasteiger partial charge on any atom is 0.310 e. The molecule has 0 aromatic carbocycles. The number of hydrogen-bond donors (Lipinski definition) is 1. The lowest BCUT2D eigenvalue weighted by Crippen LogP contribution is -2.28. The van der Waals surface area contributed by atoms with Crippen LogP contribution in [0.5, 0.6) is 5.88 Å². The molecular formula is C9H12N2O3. The highest BCUT2D eigenvalue weighted by Crippen LogP contribution is 2.11. The van der Waals surface area contributed by atoms with Crippen LogP contribution in [0.25, 0.3) is 0 Å². The van der Waals surface area contributed by atoms with E-state index in [1.165, 1.54) is 12.4 Å². The van der Waals surface area contributed by atoms with Gasteiger partial charge in [0.15, 0.2) is 0 Å². The van der Waals surface area contributed by atoms with Crippen LogP contribution >= 0.6 is 0 Å². The lowest BCUT2D eigenvalue weighted by Gasteiger charge is -2.21. The van der Waals surface area contributed by atoms with Gasteiger partial charge >= 0.3 is 5.56 Å². The van der Waals surface area contributed by atoms with Crippen molar-refractivity contribution in [3.63, 3.8) is 0 Å². The number of rotatable bonds is 2. The molecule has 14 heavy (non-hydrogen) atoms. The summed E-state index contributed by atoms with van der Waals surface area (Å²) in [7, 11) is 0. The fourth-order valence-electron chi connectivity index (χ4n) is 1.37. The van der Waals surface area contributed by atoms with Crippen molar-refractivity contribution in [2.24, 2.45) is 0 Å². The normalized spacial score (nSPS) is 18.0. The molecule has 76 valence electrons. The molecule has 1 aliphatic heterocycles. The van der Waals surface area contributed by atoms with Gasteiger partial charge < -0.3 is 14.5 Å². The maximum absolute atomic E-state index is 11.2. The summed E-state index contributed by atoms with van der Waals surface area (Å²) in [4.78, 5) is 17.6. The first-order chi connectivity index (χ1) is 6.86. The lowest BCUT2D eigenvalue weighted by molar-refractivity contribution is 0.0230. The Bertz CT molecular complexity index is 344. The van der Waals surface area contributed by atoms with Gasteiger partial charge in [0.05, 0.1) is 13.2 Å². The van der Waals surface area contributed by atoms with Gasteiger partial charge in [-0.25, -0.2) is 4.98 Å². The Labute approximate surface area is 81.1 Å². The number of hydrogen-bond acceptors (Lipinski definition) is 4. The quantitative estimate of drug-likeness (QED) is 0.740. The van der Waals surface area contributed by atoms with Gasteiger partial charge in [-0.3, -0.25) is 4.79 Å². The molecule has 2 rings (SSSR count). The van der Waals surface area contributed by atoms with E-state index in [1.54, 1.807) is 0 Å². The van der Waals surface area contributed by atoms with Crippen LogP contribution in [0.15, 0.2) is 17.2 Å². The number of ether oxygens (including phenoxy) is 2. The second kappa shape index (κ2) is 4.23. The van der Waals surface area contributed by atoms with E-state index in [0.29, 0.717) is 13.2 Å². The van der Waals surface area contributed by atoms with Gasteiger partial charge in [0.1, 0.15) is 6.10 Å². The third-order valence-electron chi connectivity index (χ3n) is 2.12. The van der Waals surface area contributed by atoms with E-state index in [4.69, 9.17) is 9.47 Å². The van der Waals surface area contributed by atoms with Crippen LogP contribution in [0.4, 0.5) is 0 Å². The van der Waals surface area contributed by atoms with Crippen LogP contribution in [-0.2, 0) is 4.74 Å². The van der Waals surface area contributed by atoms with Crippen LogP contribution in [0.1, 0.15) is 12.8 Å². The number of H-pyrrole nitrogens is 1. The Morgan fingerprint density at radius 1 is 1.50 bits per heavy atom. The molecule has 5 heteroatoms. The van der Waals surface area contributed by atoms with Crippen LogP contribution < -0.4 is 10.3 Å². The Kier molecular flexibility index (Phi) is 2.78. The molecule has 0 unspecified atom stereocenters. The molecular weight excluding hydrogens is 184 g/mol. The van der Waals surface area contributed by atoms with Crippen molar-refractivity contribution in [2.45, 2.75) is 18.9 Å². The summed E-state index contributed by atoms with van der Waals surface area (Å²) in [5, 5.41) is 0.